The number of urea groups is 1. The van der Waals surface area contributed by atoms with Gasteiger partial charge in [0.15, 0.2) is 0 Å². The van der Waals surface area contributed by atoms with E-state index < -0.39 is 0 Å². The van der Waals surface area contributed by atoms with Gasteiger partial charge in [-0.3, -0.25) is 0 Å². The lowest BCUT2D eigenvalue weighted by atomic mass is 10.1. The molecule has 1 fully saturated rings. The molecule has 21 heavy (non-hydrogen) atoms. The van der Waals surface area contributed by atoms with Crippen molar-refractivity contribution < 1.29 is 4.79 Å². The van der Waals surface area contributed by atoms with Gasteiger partial charge in [-0.2, -0.15) is 0 Å². The number of carbonyl (C=O) groups is 1. The van der Waals surface area contributed by atoms with Gasteiger partial charge in [-0.1, -0.05) is 44.2 Å². The van der Waals surface area contributed by atoms with Gasteiger partial charge in [0, 0.05) is 13.1 Å². The van der Waals surface area contributed by atoms with E-state index in [2.05, 4.69) is 38.2 Å². The second-order valence-electron chi connectivity index (χ2n) is 6.60. The predicted molar refractivity (Wildman–Crippen MR) is 87.1 cm³/mol. The molecular formula is C18H28N2O. The number of carbonyl (C=O) groups excluding carboxylic acids is 1. The van der Waals surface area contributed by atoms with E-state index in [1.54, 1.807) is 0 Å². The zero-order valence-corrected chi connectivity index (χ0v) is 13.5. The molecule has 116 valence electrons. The smallest absolute Gasteiger partial charge is 0.317 e. The number of nitrogens with zero attached hydrogens (tertiary/aromatic N) is 1. The molecule has 0 saturated heterocycles. The minimum atomic E-state index is 0.0823. The Kier molecular flexibility index (Phi) is 5.66. The maximum absolute atomic E-state index is 12.5. The number of rotatable bonds is 7. The van der Waals surface area contributed by atoms with Gasteiger partial charge in [-0.25, -0.2) is 4.79 Å². The maximum atomic E-state index is 12.5. The minimum absolute atomic E-state index is 0.0823. The van der Waals surface area contributed by atoms with Crippen molar-refractivity contribution in [3.05, 3.63) is 35.9 Å². The largest absolute Gasteiger partial charge is 0.338 e. The molecular weight excluding hydrogens is 260 g/mol. The van der Waals surface area contributed by atoms with E-state index in [1.807, 2.05) is 23.1 Å². The van der Waals surface area contributed by atoms with Gasteiger partial charge >= 0.3 is 6.03 Å². The highest BCUT2D eigenvalue weighted by atomic mass is 16.2. The summed E-state index contributed by atoms with van der Waals surface area (Å²) >= 11 is 0. The molecule has 1 N–H and O–H groups in total. The van der Waals surface area contributed by atoms with Crippen molar-refractivity contribution in [2.24, 2.45) is 11.8 Å². The molecule has 0 aromatic heterocycles. The van der Waals surface area contributed by atoms with Crippen LogP contribution in [-0.2, 0) is 0 Å². The topological polar surface area (TPSA) is 32.3 Å². The van der Waals surface area contributed by atoms with E-state index >= 15 is 0 Å². The van der Waals surface area contributed by atoms with Crippen LogP contribution in [0, 0.1) is 11.8 Å². The van der Waals surface area contributed by atoms with Crippen molar-refractivity contribution in [2.45, 2.75) is 46.1 Å². The molecule has 0 aliphatic heterocycles. The van der Waals surface area contributed by atoms with Crippen LogP contribution in [0.4, 0.5) is 4.79 Å². The lowest BCUT2D eigenvalue weighted by molar-refractivity contribution is 0.175. The number of hydrogen-bond donors (Lipinski definition) is 1. The van der Waals surface area contributed by atoms with Crippen LogP contribution in [0.3, 0.4) is 0 Å². The highest BCUT2D eigenvalue weighted by molar-refractivity contribution is 5.74. The molecule has 0 radical (unpaired) electrons. The van der Waals surface area contributed by atoms with Crippen LogP contribution >= 0.6 is 0 Å². The zero-order valence-electron chi connectivity index (χ0n) is 13.5. The quantitative estimate of drug-likeness (QED) is 0.800. The molecule has 0 heterocycles. The fraction of sp³-hybridized carbons (Fsp3) is 0.611. The van der Waals surface area contributed by atoms with E-state index in [-0.39, 0.29) is 12.1 Å². The third-order valence-corrected chi connectivity index (χ3v) is 4.16. The van der Waals surface area contributed by atoms with Crippen LogP contribution in [0.2, 0.25) is 0 Å². The van der Waals surface area contributed by atoms with E-state index in [1.165, 1.54) is 18.4 Å². The first-order valence-electron chi connectivity index (χ1n) is 8.17. The molecule has 1 saturated carbocycles. The first-order chi connectivity index (χ1) is 10.1. The van der Waals surface area contributed by atoms with Gasteiger partial charge in [0.25, 0.3) is 0 Å². The SMILES string of the molecule is CC(C)CCNC(=O)N(CC1CC1)C(C)c1ccccc1. The Hall–Kier alpha value is -1.51. The van der Waals surface area contributed by atoms with Crippen LogP contribution in [0.15, 0.2) is 30.3 Å². The lowest BCUT2D eigenvalue weighted by Gasteiger charge is -2.30. The summed E-state index contributed by atoms with van der Waals surface area (Å²) < 4.78 is 0. The molecule has 0 bridgehead atoms. The highest BCUT2D eigenvalue weighted by Crippen LogP contribution is 2.32. The summed E-state index contributed by atoms with van der Waals surface area (Å²) in [6.07, 6.45) is 3.55. The van der Waals surface area contributed by atoms with Crippen molar-refractivity contribution in [1.82, 2.24) is 10.2 Å². The number of benzene rings is 1. The molecule has 3 nitrogen and oxygen atoms in total. The third kappa shape index (κ3) is 5.07. The van der Waals surface area contributed by atoms with Crippen LogP contribution < -0.4 is 5.32 Å². The Labute approximate surface area is 128 Å². The average molecular weight is 288 g/mol. The summed E-state index contributed by atoms with van der Waals surface area (Å²) in [6, 6.07) is 10.5. The van der Waals surface area contributed by atoms with Gasteiger partial charge < -0.3 is 10.2 Å². The van der Waals surface area contributed by atoms with Gasteiger partial charge in [-0.05, 0) is 43.6 Å². The molecule has 0 spiro atoms. The van der Waals surface area contributed by atoms with Gasteiger partial charge in [0.05, 0.1) is 6.04 Å². The first kappa shape index (κ1) is 15.9. The standard InChI is InChI=1S/C18H28N2O/c1-14(2)11-12-19-18(21)20(13-16-9-10-16)15(3)17-7-5-4-6-8-17/h4-8,14-16H,9-13H2,1-3H3,(H,19,21). The van der Waals surface area contributed by atoms with E-state index in [9.17, 15) is 4.79 Å². The molecule has 2 rings (SSSR count). The molecule has 1 aliphatic rings. The number of amides is 2. The summed E-state index contributed by atoms with van der Waals surface area (Å²) in [4.78, 5) is 14.5. The second kappa shape index (κ2) is 7.48. The average Bonchev–Trinajstić information content (AvgIpc) is 3.28. The van der Waals surface area contributed by atoms with Crippen LogP contribution in [0.1, 0.15) is 51.6 Å². The first-order valence-corrected chi connectivity index (χ1v) is 8.17. The molecule has 1 unspecified atom stereocenters. The molecule has 1 aromatic carbocycles. The van der Waals surface area contributed by atoms with E-state index in [4.69, 9.17) is 0 Å². The van der Waals surface area contributed by atoms with Crippen molar-refractivity contribution in [3.63, 3.8) is 0 Å². The van der Waals surface area contributed by atoms with Crippen molar-refractivity contribution in [1.29, 1.82) is 0 Å². The fourth-order valence-electron chi connectivity index (χ4n) is 2.48. The highest BCUT2D eigenvalue weighted by Gasteiger charge is 2.29. The summed E-state index contributed by atoms with van der Waals surface area (Å²) in [6.45, 7) is 8.13. The van der Waals surface area contributed by atoms with Gasteiger partial charge in [0.2, 0.25) is 0 Å². The van der Waals surface area contributed by atoms with Gasteiger partial charge in [-0.15, -0.1) is 0 Å². The Morgan fingerprint density at radius 2 is 1.90 bits per heavy atom. The minimum Gasteiger partial charge on any atom is -0.338 e. The normalized spacial score (nSPS) is 15.8. The Morgan fingerprint density at radius 1 is 1.24 bits per heavy atom. The maximum Gasteiger partial charge on any atom is 0.317 e. The molecule has 1 aliphatic carbocycles. The van der Waals surface area contributed by atoms with Crippen LogP contribution in [-0.4, -0.2) is 24.0 Å². The second-order valence-corrected chi connectivity index (χ2v) is 6.60. The zero-order chi connectivity index (χ0) is 15.2. The number of nitrogens with one attached hydrogen (secondary N) is 1. The summed E-state index contributed by atoms with van der Waals surface area (Å²) in [7, 11) is 0. The molecule has 1 atom stereocenters. The van der Waals surface area contributed by atoms with Crippen molar-refractivity contribution >= 4 is 6.03 Å². The summed E-state index contributed by atoms with van der Waals surface area (Å²) in [5.74, 6) is 1.32. The molecule has 2 amide bonds. The Balaban J connectivity index is 1.97. The Bertz CT molecular complexity index is 440. The van der Waals surface area contributed by atoms with Gasteiger partial charge in [0.1, 0.15) is 0 Å². The van der Waals surface area contributed by atoms with E-state index in [0.717, 1.165) is 19.5 Å². The van der Waals surface area contributed by atoms with E-state index in [0.29, 0.717) is 11.8 Å². The van der Waals surface area contributed by atoms with Crippen LogP contribution in [0.5, 0.6) is 0 Å². The molecule has 3 heteroatoms. The number of hydrogen-bond acceptors (Lipinski definition) is 1. The lowest BCUT2D eigenvalue weighted by Crippen LogP contribution is -2.43. The van der Waals surface area contributed by atoms with Crippen molar-refractivity contribution in [2.75, 3.05) is 13.1 Å². The third-order valence-electron chi connectivity index (χ3n) is 4.16. The summed E-state index contributed by atoms with van der Waals surface area (Å²) in [5.41, 5.74) is 1.21. The fourth-order valence-corrected chi connectivity index (χ4v) is 2.48. The monoisotopic (exact) mass is 288 g/mol. The molecule has 1 aromatic rings. The van der Waals surface area contributed by atoms with Crippen molar-refractivity contribution in [3.8, 4) is 0 Å². The summed E-state index contributed by atoms with van der Waals surface area (Å²) in [5, 5.41) is 3.08. The predicted octanol–water partition coefficient (Wildman–Crippen LogP) is 4.22. The Morgan fingerprint density at radius 3 is 2.48 bits per heavy atom. The van der Waals surface area contributed by atoms with Crippen LogP contribution in [0.25, 0.3) is 0 Å².